The van der Waals surface area contributed by atoms with Crippen LogP contribution in [0.1, 0.15) is 39.3 Å². The Bertz CT molecular complexity index is 444. The molecule has 0 bridgehead atoms. The van der Waals surface area contributed by atoms with Gasteiger partial charge in [-0.25, -0.2) is 0 Å². The van der Waals surface area contributed by atoms with E-state index in [4.69, 9.17) is 20.1 Å². The molecular weight excluding hydrogens is 268 g/mol. The van der Waals surface area contributed by atoms with Crippen molar-refractivity contribution < 1.29 is 14.2 Å². The van der Waals surface area contributed by atoms with E-state index in [1.807, 2.05) is 25.1 Å². The van der Waals surface area contributed by atoms with Crippen molar-refractivity contribution in [2.75, 3.05) is 20.8 Å². The second-order valence-corrected chi connectivity index (χ2v) is 5.99. The molecule has 1 aromatic carbocycles. The molecule has 5 nitrogen and oxygen atoms in total. The van der Waals surface area contributed by atoms with E-state index >= 15 is 0 Å². The van der Waals surface area contributed by atoms with Crippen LogP contribution in [0.2, 0.25) is 0 Å². The topological polar surface area (TPSA) is 65.7 Å². The number of methoxy groups -OCH3 is 2. The fraction of sp³-hybridized carbons (Fsp3) is 0.625. The Hall–Kier alpha value is -1.30. The average molecular weight is 296 g/mol. The molecular formula is C16H28N2O3. The van der Waals surface area contributed by atoms with Crippen molar-refractivity contribution in [2.45, 2.75) is 39.8 Å². The van der Waals surface area contributed by atoms with E-state index < -0.39 is 0 Å². The molecule has 0 heterocycles. The van der Waals surface area contributed by atoms with Gasteiger partial charge < -0.3 is 14.2 Å². The Morgan fingerprint density at radius 3 is 2.29 bits per heavy atom. The van der Waals surface area contributed by atoms with Crippen molar-refractivity contribution in [3.05, 3.63) is 23.8 Å². The van der Waals surface area contributed by atoms with Crippen LogP contribution in [0.15, 0.2) is 18.2 Å². The first kappa shape index (κ1) is 17.8. The molecule has 0 amide bonds. The molecule has 1 rings (SSSR count). The molecule has 21 heavy (non-hydrogen) atoms. The molecule has 0 spiro atoms. The summed E-state index contributed by atoms with van der Waals surface area (Å²) in [5.41, 5.74) is 3.72. The summed E-state index contributed by atoms with van der Waals surface area (Å²) in [7, 11) is 3.28. The highest BCUT2D eigenvalue weighted by Gasteiger charge is 2.35. The maximum absolute atomic E-state index is 5.95. The van der Waals surface area contributed by atoms with Crippen LogP contribution >= 0.6 is 0 Å². The number of ether oxygens (including phenoxy) is 3. The summed E-state index contributed by atoms with van der Waals surface area (Å²) < 4.78 is 16.7. The van der Waals surface area contributed by atoms with Crippen molar-refractivity contribution in [1.29, 1.82) is 0 Å². The lowest BCUT2D eigenvalue weighted by atomic mass is 9.82. The Morgan fingerprint density at radius 1 is 1.19 bits per heavy atom. The number of hydrogen-bond donors (Lipinski definition) is 2. The molecule has 0 aromatic heterocycles. The van der Waals surface area contributed by atoms with Crippen LogP contribution in [0, 0.1) is 5.41 Å². The molecule has 0 radical (unpaired) electrons. The summed E-state index contributed by atoms with van der Waals surface area (Å²) in [4.78, 5) is 0. The molecule has 0 saturated carbocycles. The Balaban J connectivity index is 3.29. The van der Waals surface area contributed by atoms with Gasteiger partial charge in [0.2, 0.25) is 0 Å². The lowest BCUT2D eigenvalue weighted by Gasteiger charge is -2.37. The summed E-state index contributed by atoms with van der Waals surface area (Å²) in [6.45, 7) is 8.99. The molecule has 0 fully saturated rings. The summed E-state index contributed by atoms with van der Waals surface area (Å²) in [5, 5.41) is 0. The molecule has 3 N–H and O–H groups in total. The minimum Gasteiger partial charge on any atom is -0.497 e. The zero-order chi connectivity index (χ0) is 16.0. The molecule has 2 unspecified atom stereocenters. The lowest BCUT2D eigenvalue weighted by Crippen LogP contribution is -2.44. The molecule has 5 heteroatoms. The van der Waals surface area contributed by atoms with Gasteiger partial charge >= 0.3 is 0 Å². The van der Waals surface area contributed by atoms with Crippen LogP contribution < -0.4 is 20.7 Å². The number of hydrazine groups is 1. The predicted molar refractivity (Wildman–Crippen MR) is 84.5 cm³/mol. The van der Waals surface area contributed by atoms with Gasteiger partial charge in [-0.05, 0) is 30.5 Å². The lowest BCUT2D eigenvalue weighted by molar-refractivity contribution is -0.0371. The van der Waals surface area contributed by atoms with Gasteiger partial charge in [-0.2, -0.15) is 0 Å². The Labute approximate surface area is 127 Å². The highest BCUT2D eigenvalue weighted by Crippen LogP contribution is 2.37. The molecule has 2 atom stereocenters. The second kappa shape index (κ2) is 7.64. The van der Waals surface area contributed by atoms with Gasteiger partial charge in [0.25, 0.3) is 0 Å². The Kier molecular flexibility index (Phi) is 6.45. The molecule has 120 valence electrons. The van der Waals surface area contributed by atoms with Gasteiger partial charge in [-0.1, -0.05) is 20.8 Å². The van der Waals surface area contributed by atoms with Gasteiger partial charge in [-0.15, -0.1) is 0 Å². The van der Waals surface area contributed by atoms with Crippen molar-refractivity contribution in [2.24, 2.45) is 11.3 Å². The van der Waals surface area contributed by atoms with Crippen LogP contribution in [-0.2, 0) is 4.74 Å². The third kappa shape index (κ3) is 4.33. The third-order valence-electron chi connectivity index (χ3n) is 3.45. The van der Waals surface area contributed by atoms with Gasteiger partial charge in [0, 0.05) is 12.2 Å². The molecule has 1 aromatic rings. The van der Waals surface area contributed by atoms with Crippen molar-refractivity contribution >= 4 is 0 Å². The zero-order valence-electron chi connectivity index (χ0n) is 13.9. The first-order valence-electron chi connectivity index (χ1n) is 7.18. The minimum atomic E-state index is -0.199. The number of rotatable bonds is 7. The third-order valence-corrected chi connectivity index (χ3v) is 3.45. The van der Waals surface area contributed by atoms with E-state index in [0.717, 1.165) is 17.1 Å². The van der Waals surface area contributed by atoms with E-state index in [9.17, 15) is 0 Å². The molecule has 0 aliphatic heterocycles. The predicted octanol–water partition coefficient (Wildman–Crippen LogP) is 2.66. The van der Waals surface area contributed by atoms with Crippen molar-refractivity contribution in [1.82, 2.24) is 5.43 Å². The summed E-state index contributed by atoms with van der Waals surface area (Å²) in [5.74, 6) is 7.34. The fourth-order valence-electron chi connectivity index (χ4n) is 2.45. The Morgan fingerprint density at radius 2 is 1.86 bits per heavy atom. The van der Waals surface area contributed by atoms with Crippen molar-refractivity contribution in [3.63, 3.8) is 0 Å². The van der Waals surface area contributed by atoms with Crippen LogP contribution in [0.25, 0.3) is 0 Å². The van der Waals surface area contributed by atoms with Gasteiger partial charge in [0.05, 0.1) is 26.4 Å². The summed E-state index contributed by atoms with van der Waals surface area (Å²) >= 11 is 0. The molecule has 0 saturated heterocycles. The van der Waals surface area contributed by atoms with Gasteiger partial charge in [0.1, 0.15) is 11.5 Å². The first-order chi connectivity index (χ1) is 9.88. The fourth-order valence-corrected chi connectivity index (χ4v) is 2.45. The van der Waals surface area contributed by atoms with E-state index in [2.05, 4.69) is 26.2 Å². The molecule has 0 aliphatic rings. The van der Waals surface area contributed by atoms with Gasteiger partial charge in [-0.3, -0.25) is 11.3 Å². The monoisotopic (exact) mass is 296 g/mol. The average Bonchev–Trinajstić information content (AvgIpc) is 2.46. The van der Waals surface area contributed by atoms with E-state index in [0.29, 0.717) is 6.61 Å². The largest absolute Gasteiger partial charge is 0.497 e. The van der Waals surface area contributed by atoms with Gasteiger partial charge in [0.15, 0.2) is 0 Å². The molecule has 0 aliphatic carbocycles. The number of nitrogens with two attached hydrogens (primary N) is 1. The van der Waals surface area contributed by atoms with Crippen LogP contribution in [0.3, 0.4) is 0 Å². The standard InChI is InChI=1S/C16H28N2O3/c1-7-21-15(16(2,3)4)14(18-17)12-10-11(19-5)8-9-13(12)20-6/h8-10,14-15,18H,7,17H2,1-6H3. The van der Waals surface area contributed by atoms with Crippen LogP contribution in [0.4, 0.5) is 0 Å². The number of benzene rings is 1. The number of nitrogens with one attached hydrogen (secondary N) is 1. The second-order valence-electron chi connectivity index (χ2n) is 5.99. The maximum atomic E-state index is 5.95. The maximum Gasteiger partial charge on any atom is 0.124 e. The first-order valence-corrected chi connectivity index (χ1v) is 7.18. The van der Waals surface area contributed by atoms with Crippen LogP contribution in [-0.4, -0.2) is 26.9 Å². The van der Waals surface area contributed by atoms with Crippen LogP contribution in [0.5, 0.6) is 11.5 Å². The minimum absolute atomic E-state index is 0.0822. The smallest absolute Gasteiger partial charge is 0.124 e. The summed E-state index contributed by atoms with van der Waals surface area (Å²) in [6.07, 6.45) is -0.103. The van der Waals surface area contributed by atoms with Crippen molar-refractivity contribution in [3.8, 4) is 11.5 Å². The summed E-state index contributed by atoms with van der Waals surface area (Å²) in [6, 6.07) is 5.48. The highest BCUT2D eigenvalue weighted by molar-refractivity contribution is 5.43. The SMILES string of the molecule is CCOC(C(NN)c1cc(OC)ccc1OC)C(C)(C)C. The van der Waals surface area contributed by atoms with E-state index in [1.165, 1.54) is 0 Å². The normalized spacial score (nSPS) is 14.6. The zero-order valence-corrected chi connectivity index (χ0v) is 13.9. The highest BCUT2D eigenvalue weighted by atomic mass is 16.5. The quantitative estimate of drug-likeness (QED) is 0.598. The van der Waals surface area contributed by atoms with E-state index in [-0.39, 0.29) is 17.6 Å². The number of hydrogen-bond acceptors (Lipinski definition) is 5. The van der Waals surface area contributed by atoms with E-state index in [1.54, 1.807) is 14.2 Å².